The quantitative estimate of drug-likeness (QED) is 0.384. The summed E-state index contributed by atoms with van der Waals surface area (Å²) in [5.41, 5.74) is 5.96. The van der Waals surface area contributed by atoms with Crippen molar-refractivity contribution in [3.05, 3.63) is 72.0 Å². The van der Waals surface area contributed by atoms with E-state index in [4.69, 9.17) is 9.52 Å². The lowest BCUT2D eigenvalue weighted by molar-refractivity contribution is 0.0697. The number of imidazole rings is 1. The Kier molecular flexibility index (Phi) is 4.63. The minimum atomic E-state index is -0.956. The molecule has 0 bridgehead atoms. The third-order valence-electron chi connectivity index (χ3n) is 4.37. The monoisotopic (exact) mass is 374 g/mol. The maximum atomic E-state index is 10.9. The van der Waals surface area contributed by atoms with Crippen LogP contribution in [0.1, 0.15) is 23.0 Å². The highest BCUT2D eigenvalue weighted by atomic mass is 16.4. The van der Waals surface area contributed by atoms with Crippen LogP contribution in [-0.4, -0.2) is 26.8 Å². The zero-order valence-corrected chi connectivity index (χ0v) is 15.2. The number of aryl methyl sites for hydroxylation is 1. The number of para-hydroxylation sites is 2. The summed E-state index contributed by atoms with van der Waals surface area (Å²) in [4.78, 5) is 15.5. The van der Waals surface area contributed by atoms with Gasteiger partial charge in [0.05, 0.1) is 22.8 Å². The summed E-state index contributed by atoms with van der Waals surface area (Å²) in [7, 11) is 0. The molecule has 4 aromatic rings. The number of hydrogen-bond acceptors (Lipinski definition) is 5. The van der Waals surface area contributed by atoms with Crippen molar-refractivity contribution in [1.29, 1.82) is 0 Å². The summed E-state index contributed by atoms with van der Waals surface area (Å²) in [6, 6.07) is 18.1. The average molecular weight is 374 g/mol. The SMILES string of the molecule is CCn1c(N/N=C\c2ccc(-c3ccc(C(=O)O)cc3)o2)nc2ccccc21. The number of carbonyl (C=O) groups is 1. The molecule has 0 radical (unpaired) electrons. The molecule has 28 heavy (non-hydrogen) atoms. The van der Waals surface area contributed by atoms with E-state index in [2.05, 4.69) is 22.4 Å². The highest BCUT2D eigenvalue weighted by Crippen LogP contribution is 2.22. The number of carboxylic acid groups (broad SMARTS) is 1. The zero-order valence-electron chi connectivity index (χ0n) is 15.2. The van der Waals surface area contributed by atoms with Crippen molar-refractivity contribution < 1.29 is 14.3 Å². The number of furan rings is 1. The second-order valence-electron chi connectivity index (χ2n) is 6.12. The van der Waals surface area contributed by atoms with Crippen molar-refractivity contribution in [2.45, 2.75) is 13.5 Å². The Morgan fingerprint density at radius 3 is 2.71 bits per heavy atom. The lowest BCUT2D eigenvalue weighted by Gasteiger charge is -2.03. The molecule has 2 heterocycles. The van der Waals surface area contributed by atoms with Gasteiger partial charge < -0.3 is 14.1 Å². The molecular weight excluding hydrogens is 356 g/mol. The Morgan fingerprint density at radius 1 is 1.18 bits per heavy atom. The van der Waals surface area contributed by atoms with Gasteiger partial charge in [-0.1, -0.05) is 24.3 Å². The second-order valence-corrected chi connectivity index (χ2v) is 6.12. The molecule has 0 aliphatic rings. The predicted molar refractivity (Wildman–Crippen MR) is 108 cm³/mol. The number of hydrogen-bond donors (Lipinski definition) is 2. The maximum Gasteiger partial charge on any atom is 0.335 e. The summed E-state index contributed by atoms with van der Waals surface area (Å²) in [6.07, 6.45) is 1.58. The van der Waals surface area contributed by atoms with Gasteiger partial charge >= 0.3 is 5.97 Å². The molecule has 0 spiro atoms. The fourth-order valence-electron chi connectivity index (χ4n) is 2.99. The first kappa shape index (κ1) is 17.5. The minimum Gasteiger partial charge on any atom is -0.478 e. The highest BCUT2D eigenvalue weighted by molar-refractivity contribution is 5.88. The van der Waals surface area contributed by atoms with Crippen molar-refractivity contribution in [2.75, 3.05) is 5.43 Å². The average Bonchev–Trinajstić information content (AvgIpc) is 3.32. The third-order valence-corrected chi connectivity index (χ3v) is 4.37. The van der Waals surface area contributed by atoms with Gasteiger partial charge in [-0.3, -0.25) is 0 Å². The molecule has 4 rings (SSSR count). The Bertz CT molecular complexity index is 1160. The first-order chi connectivity index (χ1) is 13.7. The number of aromatic nitrogens is 2. The van der Waals surface area contributed by atoms with E-state index >= 15 is 0 Å². The Morgan fingerprint density at radius 2 is 1.96 bits per heavy atom. The van der Waals surface area contributed by atoms with Gasteiger partial charge in [0.2, 0.25) is 5.95 Å². The molecule has 0 fully saturated rings. The summed E-state index contributed by atoms with van der Waals surface area (Å²) in [5, 5.41) is 13.2. The van der Waals surface area contributed by atoms with Crippen LogP contribution in [0.4, 0.5) is 5.95 Å². The van der Waals surface area contributed by atoms with Gasteiger partial charge in [0.1, 0.15) is 11.5 Å². The van der Waals surface area contributed by atoms with Crippen molar-refractivity contribution >= 4 is 29.2 Å². The number of aromatic carboxylic acids is 1. The van der Waals surface area contributed by atoms with Crippen LogP contribution in [-0.2, 0) is 6.54 Å². The molecule has 0 aliphatic carbocycles. The molecule has 2 aromatic carbocycles. The topological polar surface area (TPSA) is 92.7 Å². The Labute approximate surface area is 160 Å². The van der Waals surface area contributed by atoms with Crippen LogP contribution in [0.15, 0.2) is 70.2 Å². The van der Waals surface area contributed by atoms with E-state index in [1.807, 2.05) is 34.9 Å². The summed E-state index contributed by atoms with van der Waals surface area (Å²) in [5.74, 6) is 0.919. The van der Waals surface area contributed by atoms with E-state index in [1.165, 1.54) is 0 Å². The largest absolute Gasteiger partial charge is 0.478 e. The molecule has 2 aromatic heterocycles. The fraction of sp³-hybridized carbons (Fsp3) is 0.0952. The summed E-state index contributed by atoms with van der Waals surface area (Å²) < 4.78 is 7.81. The van der Waals surface area contributed by atoms with Crippen molar-refractivity contribution in [1.82, 2.24) is 9.55 Å². The summed E-state index contributed by atoms with van der Waals surface area (Å²) >= 11 is 0. The fourth-order valence-corrected chi connectivity index (χ4v) is 2.99. The molecule has 0 saturated heterocycles. The van der Waals surface area contributed by atoms with Crippen molar-refractivity contribution in [3.8, 4) is 11.3 Å². The minimum absolute atomic E-state index is 0.236. The van der Waals surface area contributed by atoms with Gasteiger partial charge in [-0.15, -0.1) is 0 Å². The molecule has 0 saturated carbocycles. The Hall–Kier alpha value is -3.87. The number of nitrogens with zero attached hydrogens (tertiary/aromatic N) is 3. The van der Waals surface area contributed by atoms with Gasteiger partial charge in [0.25, 0.3) is 0 Å². The molecule has 0 unspecified atom stereocenters. The van der Waals surface area contributed by atoms with Crippen molar-refractivity contribution in [3.63, 3.8) is 0 Å². The van der Waals surface area contributed by atoms with Crippen LogP contribution < -0.4 is 5.43 Å². The van der Waals surface area contributed by atoms with Crippen LogP contribution in [0.2, 0.25) is 0 Å². The van der Waals surface area contributed by atoms with E-state index < -0.39 is 5.97 Å². The number of carboxylic acids is 1. The van der Waals surface area contributed by atoms with Gasteiger partial charge in [-0.2, -0.15) is 5.10 Å². The normalized spacial score (nSPS) is 11.3. The maximum absolute atomic E-state index is 10.9. The Balaban J connectivity index is 1.50. The molecular formula is C21H18N4O3. The number of rotatable bonds is 6. The van der Waals surface area contributed by atoms with Crippen LogP contribution in [0.25, 0.3) is 22.4 Å². The van der Waals surface area contributed by atoms with Crippen LogP contribution in [0.3, 0.4) is 0 Å². The van der Waals surface area contributed by atoms with Crippen LogP contribution in [0.5, 0.6) is 0 Å². The number of benzene rings is 2. The predicted octanol–water partition coefficient (Wildman–Crippen LogP) is 4.46. The smallest absolute Gasteiger partial charge is 0.335 e. The van der Waals surface area contributed by atoms with E-state index in [0.717, 1.165) is 23.1 Å². The van der Waals surface area contributed by atoms with E-state index in [1.54, 1.807) is 36.5 Å². The van der Waals surface area contributed by atoms with Crippen molar-refractivity contribution in [2.24, 2.45) is 5.10 Å². The van der Waals surface area contributed by atoms with E-state index in [-0.39, 0.29) is 5.56 Å². The number of hydrazone groups is 1. The van der Waals surface area contributed by atoms with Crippen LogP contribution in [0, 0.1) is 0 Å². The molecule has 140 valence electrons. The number of fused-ring (bicyclic) bond motifs is 1. The lowest BCUT2D eigenvalue weighted by atomic mass is 10.1. The zero-order chi connectivity index (χ0) is 19.5. The van der Waals surface area contributed by atoms with E-state index in [0.29, 0.717) is 17.5 Å². The van der Waals surface area contributed by atoms with Gasteiger partial charge in [0, 0.05) is 12.1 Å². The van der Waals surface area contributed by atoms with Gasteiger partial charge in [0.15, 0.2) is 0 Å². The number of anilines is 1. The van der Waals surface area contributed by atoms with E-state index in [9.17, 15) is 4.79 Å². The lowest BCUT2D eigenvalue weighted by Crippen LogP contribution is -2.01. The van der Waals surface area contributed by atoms with Gasteiger partial charge in [-0.05, 0) is 43.3 Å². The first-order valence-electron chi connectivity index (χ1n) is 8.83. The number of nitrogens with one attached hydrogen (secondary N) is 1. The van der Waals surface area contributed by atoms with Gasteiger partial charge in [-0.25, -0.2) is 15.2 Å². The molecule has 7 heteroatoms. The standard InChI is InChI=1S/C21H18N4O3/c1-2-25-18-6-4-3-5-17(18)23-21(25)24-22-13-16-11-12-19(28-16)14-7-9-15(10-8-14)20(26)27/h3-13H,2H2,1H3,(H,23,24)(H,26,27)/b22-13-. The first-order valence-corrected chi connectivity index (χ1v) is 8.83. The third kappa shape index (κ3) is 3.37. The summed E-state index contributed by atoms with van der Waals surface area (Å²) in [6.45, 7) is 2.83. The van der Waals surface area contributed by atoms with Crippen LogP contribution >= 0.6 is 0 Å². The molecule has 0 amide bonds. The molecule has 2 N–H and O–H groups in total. The highest BCUT2D eigenvalue weighted by Gasteiger charge is 2.08. The second kappa shape index (κ2) is 7.40. The molecule has 0 aliphatic heterocycles. The molecule has 7 nitrogen and oxygen atoms in total. The molecule has 0 atom stereocenters.